The van der Waals surface area contributed by atoms with E-state index in [1.54, 1.807) is 0 Å². The number of nitrogens with zero attached hydrogens (tertiary/aromatic N) is 2. The number of para-hydroxylation sites is 1. The second-order valence-electron chi connectivity index (χ2n) is 6.45. The van der Waals surface area contributed by atoms with Crippen LogP contribution in [0.1, 0.15) is 25.7 Å². The highest BCUT2D eigenvalue weighted by atomic mass is 16.5. The van der Waals surface area contributed by atoms with Gasteiger partial charge in [-0.3, -0.25) is 4.79 Å². The molecule has 7 heteroatoms. The number of carboxylic acids is 1. The predicted octanol–water partition coefficient (Wildman–Crippen LogP) is 1.56. The maximum Gasteiger partial charge on any atom is 0.331 e. The van der Waals surface area contributed by atoms with Gasteiger partial charge in [0.2, 0.25) is 0 Å². The van der Waals surface area contributed by atoms with Gasteiger partial charge in [0.05, 0.1) is 13.5 Å². The first-order valence-corrected chi connectivity index (χ1v) is 8.82. The van der Waals surface area contributed by atoms with Crippen molar-refractivity contribution in [3.8, 4) is 0 Å². The van der Waals surface area contributed by atoms with Crippen molar-refractivity contribution in [1.29, 1.82) is 0 Å². The molecule has 1 heterocycles. The van der Waals surface area contributed by atoms with Gasteiger partial charge in [-0.2, -0.15) is 0 Å². The van der Waals surface area contributed by atoms with E-state index >= 15 is 0 Å². The number of ether oxygens (including phenoxy) is 1. The lowest BCUT2D eigenvalue weighted by Crippen LogP contribution is -2.61. The van der Waals surface area contributed by atoms with Gasteiger partial charge in [-0.1, -0.05) is 18.2 Å². The first-order chi connectivity index (χ1) is 12.5. The number of aliphatic carboxylic acids is 1. The van der Waals surface area contributed by atoms with E-state index < -0.39 is 11.5 Å². The third-order valence-electron chi connectivity index (χ3n) is 4.95. The molecule has 0 spiro atoms. The van der Waals surface area contributed by atoms with Gasteiger partial charge in [0.15, 0.2) is 0 Å². The molecule has 0 saturated carbocycles. The average molecular weight is 362 g/mol. The molecule has 1 N–H and O–H groups in total. The first kappa shape index (κ1) is 19.9. The maximum absolute atomic E-state index is 12.8. The van der Waals surface area contributed by atoms with Crippen molar-refractivity contribution < 1.29 is 24.2 Å². The van der Waals surface area contributed by atoms with Gasteiger partial charge in [0.25, 0.3) is 0 Å². The summed E-state index contributed by atoms with van der Waals surface area (Å²) in [4.78, 5) is 38.6. The summed E-state index contributed by atoms with van der Waals surface area (Å²) in [6.07, 6.45) is 2.29. The molecule has 7 nitrogen and oxygen atoms in total. The van der Waals surface area contributed by atoms with Crippen LogP contribution in [0.3, 0.4) is 0 Å². The Morgan fingerprint density at radius 3 is 2.46 bits per heavy atom. The number of piperidine rings is 1. The molecule has 1 aromatic rings. The van der Waals surface area contributed by atoms with Gasteiger partial charge in [-0.05, 0) is 25.0 Å². The monoisotopic (exact) mass is 362 g/mol. The van der Waals surface area contributed by atoms with E-state index in [1.807, 2.05) is 35.2 Å². The molecule has 2 rings (SSSR count). The maximum atomic E-state index is 12.8. The first-order valence-electron chi connectivity index (χ1n) is 8.82. The number of esters is 1. The molecule has 0 aliphatic carbocycles. The lowest BCUT2D eigenvalue weighted by Gasteiger charge is -2.47. The van der Waals surface area contributed by atoms with E-state index in [0.29, 0.717) is 45.4 Å². The number of likely N-dealkylation sites (tertiary alicyclic amines) is 1. The quantitative estimate of drug-likeness (QED) is 0.527. The Hall–Kier alpha value is -2.41. The van der Waals surface area contributed by atoms with Crippen LogP contribution in [0.2, 0.25) is 0 Å². The summed E-state index contributed by atoms with van der Waals surface area (Å²) in [6, 6.07) is 9.55. The molecular weight excluding hydrogens is 336 g/mol. The number of hydrogen-bond donors (Lipinski definition) is 1. The molecular formula is C19H26N2O5. The normalized spacial score (nSPS) is 16.7. The Labute approximate surface area is 153 Å². The van der Waals surface area contributed by atoms with Crippen LogP contribution in [0.5, 0.6) is 0 Å². The van der Waals surface area contributed by atoms with E-state index in [2.05, 4.69) is 4.90 Å². The molecule has 142 valence electrons. The minimum atomic E-state index is -0.848. The number of aldehydes is 1. The fourth-order valence-electron chi connectivity index (χ4n) is 3.55. The van der Waals surface area contributed by atoms with Crippen molar-refractivity contribution in [3.05, 3.63) is 30.3 Å². The van der Waals surface area contributed by atoms with Gasteiger partial charge < -0.3 is 24.4 Å². The topological polar surface area (TPSA) is 87.2 Å². The summed E-state index contributed by atoms with van der Waals surface area (Å²) in [6.45, 7) is 2.10. The number of hydrogen-bond acceptors (Lipinski definition) is 6. The molecule has 1 aliphatic rings. The van der Waals surface area contributed by atoms with Crippen molar-refractivity contribution in [2.45, 2.75) is 31.2 Å². The number of rotatable bonds is 9. The van der Waals surface area contributed by atoms with Gasteiger partial charge >= 0.3 is 11.9 Å². The SMILES string of the molecule is COC(=O)C1(N(CCC=O)c2ccccc2)CCN(CCC(=O)O)CC1. The van der Waals surface area contributed by atoms with E-state index in [-0.39, 0.29) is 12.4 Å². The van der Waals surface area contributed by atoms with Gasteiger partial charge in [0, 0.05) is 38.3 Å². The summed E-state index contributed by atoms with van der Waals surface area (Å²) in [5.74, 6) is -1.14. The molecule has 1 aliphatic heterocycles. The Morgan fingerprint density at radius 2 is 1.92 bits per heavy atom. The zero-order valence-electron chi connectivity index (χ0n) is 15.1. The third kappa shape index (κ3) is 4.60. The summed E-state index contributed by atoms with van der Waals surface area (Å²) in [5, 5.41) is 8.87. The van der Waals surface area contributed by atoms with Crippen molar-refractivity contribution in [2.75, 3.05) is 38.2 Å². The Balaban J connectivity index is 2.25. The van der Waals surface area contributed by atoms with Crippen LogP contribution in [0.25, 0.3) is 0 Å². The minimum absolute atomic E-state index is 0.0821. The Morgan fingerprint density at radius 1 is 1.27 bits per heavy atom. The van der Waals surface area contributed by atoms with Crippen LogP contribution in [0, 0.1) is 0 Å². The fraction of sp³-hybridized carbons (Fsp3) is 0.526. The van der Waals surface area contributed by atoms with E-state index in [0.717, 1.165) is 12.0 Å². The fourth-order valence-corrected chi connectivity index (χ4v) is 3.55. The zero-order valence-corrected chi connectivity index (χ0v) is 15.1. The van der Waals surface area contributed by atoms with Crippen LogP contribution in [0.4, 0.5) is 5.69 Å². The molecule has 0 aromatic heterocycles. The lowest BCUT2D eigenvalue weighted by atomic mass is 9.84. The predicted molar refractivity (Wildman–Crippen MR) is 97.1 cm³/mol. The minimum Gasteiger partial charge on any atom is -0.481 e. The smallest absolute Gasteiger partial charge is 0.331 e. The average Bonchev–Trinajstić information content (AvgIpc) is 2.67. The van der Waals surface area contributed by atoms with E-state index in [9.17, 15) is 14.4 Å². The Kier molecular flexibility index (Phi) is 7.15. The van der Waals surface area contributed by atoms with E-state index in [1.165, 1.54) is 7.11 Å². The third-order valence-corrected chi connectivity index (χ3v) is 4.95. The van der Waals surface area contributed by atoms with Gasteiger partial charge in [0.1, 0.15) is 11.8 Å². The van der Waals surface area contributed by atoms with Crippen LogP contribution in [0.15, 0.2) is 30.3 Å². The number of carbonyl (C=O) groups excluding carboxylic acids is 2. The van der Waals surface area contributed by atoms with Crippen molar-refractivity contribution in [2.24, 2.45) is 0 Å². The van der Waals surface area contributed by atoms with Crippen molar-refractivity contribution in [1.82, 2.24) is 4.90 Å². The second kappa shape index (κ2) is 9.33. The summed E-state index contributed by atoms with van der Waals surface area (Å²) in [7, 11) is 1.38. The molecule has 1 saturated heterocycles. The molecule has 0 atom stereocenters. The Bertz CT molecular complexity index is 612. The highest BCUT2D eigenvalue weighted by molar-refractivity contribution is 5.85. The molecule has 0 unspecified atom stereocenters. The highest BCUT2D eigenvalue weighted by Crippen LogP contribution is 2.34. The van der Waals surface area contributed by atoms with E-state index in [4.69, 9.17) is 9.84 Å². The summed E-state index contributed by atoms with van der Waals surface area (Å²) >= 11 is 0. The lowest BCUT2D eigenvalue weighted by molar-refractivity contribution is -0.149. The van der Waals surface area contributed by atoms with Crippen molar-refractivity contribution in [3.63, 3.8) is 0 Å². The van der Waals surface area contributed by atoms with Crippen LogP contribution >= 0.6 is 0 Å². The number of carboxylic acid groups (broad SMARTS) is 1. The number of carbonyl (C=O) groups is 3. The summed E-state index contributed by atoms with van der Waals surface area (Å²) in [5.41, 5.74) is 0.0255. The molecule has 0 bridgehead atoms. The number of anilines is 1. The number of methoxy groups -OCH3 is 1. The molecule has 1 fully saturated rings. The standard InChI is InChI=1S/C19H26N2O5/c1-26-18(25)19(9-13-20(14-10-19)12-8-17(23)24)21(11-5-15-22)16-6-3-2-4-7-16/h2-4,6-7,15H,5,8-14H2,1H3,(H,23,24). The van der Waals surface area contributed by atoms with Crippen LogP contribution < -0.4 is 4.90 Å². The van der Waals surface area contributed by atoms with Gasteiger partial charge in [-0.15, -0.1) is 0 Å². The number of benzene rings is 1. The molecule has 1 aromatic carbocycles. The van der Waals surface area contributed by atoms with Crippen molar-refractivity contribution >= 4 is 23.9 Å². The highest BCUT2D eigenvalue weighted by Gasteiger charge is 2.47. The van der Waals surface area contributed by atoms with Gasteiger partial charge in [-0.25, -0.2) is 4.79 Å². The molecule has 26 heavy (non-hydrogen) atoms. The zero-order chi connectivity index (χ0) is 19.0. The molecule has 0 radical (unpaired) electrons. The van der Waals surface area contributed by atoms with Crippen LogP contribution in [-0.2, 0) is 19.1 Å². The largest absolute Gasteiger partial charge is 0.481 e. The summed E-state index contributed by atoms with van der Waals surface area (Å²) < 4.78 is 5.13. The van der Waals surface area contributed by atoms with Crippen LogP contribution in [-0.4, -0.2) is 67.1 Å². The molecule has 0 amide bonds. The second-order valence-corrected chi connectivity index (χ2v) is 6.45.